The first-order chi connectivity index (χ1) is 7.99. The van der Waals surface area contributed by atoms with Gasteiger partial charge < -0.3 is 10.6 Å². The molecule has 0 aromatic heterocycles. The van der Waals surface area contributed by atoms with E-state index in [9.17, 15) is 4.39 Å². The van der Waals surface area contributed by atoms with Crippen LogP contribution in [0.1, 0.15) is 26.7 Å². The van der Waals surface area contributed by atoms with E-state index in [0.717, 1.165) is 31.0 Å². The van der Waals surface area contributed by atoms with E-state index in [4.69, 9.17) is 17.3 Å². The Bertz CT molecular complexity index is 422. The van der Waals surface area contributed by atoms with Crippen molar-refractivity contribution in [1.29, 1.82) is 0 Å². The Morgan fingerprint density at radius 2 is 2.12 bits per heavy atom. The highest BCUT2D eigenvalue weighted by molar-refractivity contribution is 6.31. The Labute approximate surface area is 107 Å². The molecule has 0 saturated carbocycles. The van der Waals surface area contributed by atoms with Gasteiger partial charge in [-0.1, -0.05) is 18.5 Å². The van der Waals surface area contributed by atoms with Crippen LogP contribution in [0.2, 0.25) is 5.02 Å². The molecule has 2 nitrogen and oxygen atoms in total. The first kappa shape index (κ1) is 12.5. The third-order valence-corrected chi connectivity index (χ3v) is 3.81. The summed E-state index contributed by atoms with van der Waals surface area (Å²) in [6.45, 7) is 5.38. The van der Waals surface area contributed by atoms with Gasteiger partial charge in [0.25, 0.3) is 0 Å². The van der Waals surface area contributed by atoms with E-state index in [1.54, 1.807) is 6.07 Å². The molecule has 0 radical (unpaired) electrons. The van der Waals surface area contributed by atoms with Crippen LogP contribution in [-0.2, 0) is 0 Å². The minimum atomic E-state index is -0.453. The Hall–Kier alpha value is -0.960. The molecule has 1 aromatic carbocycles. The lowest BCUT2D eigenvalue weighted by Gasteiger charge is -2.39. The molecule has 0 spiro atoms. The van der Waals surface area contributed by atoms with Gasteiger partial charge in [-0.15, -0.1) is 0 Å². The number of halogens is 2. The van der Waals surface area contributed by atoms with Crippen LogP contribution in [0.25, 0.3) is 0 Å². The van der Waals surface area contributed by atoms with Gasteiger partial charge in [-0.05, 0) is 31.7 Å². The van der Waals surface area contributed by atoms with Gasteiger partial charge in [0.2, 0.25) is 0 Å². The van der Waals surface area contributed by atoms with Crippen molar-refractivity contribution in [3.63, 3.8) is 0 Å². The molecule has 2 atom stereocenters. The first-order valence-corrected chi connectivity index (χ1v) is 6.38. The molecule has 1 aliphatic heterocycles. The van der Waals surface area contributed by atoms with E-state index in [1.807, 2.05) is 0 Å². The summed E-state index contributed by atoms with van der Waals surface area (Å²) < 4.78 is 13.3. The largest absolute Gasteiger partial charge is 0.397 e. The molecule has 0 aliphatic carbocycles. The number of nitrogens with two attached hydrogens (primary N) is 1. The minimum Gasteiger partial charge on any atom is -0.397 e. The third kappa shape index (κ3) is 2.49. The summed E-state index contributed by atoms with van der Waals surface area (Å²) in [6.07, 6.45) is 2.27. The van der Waals surface area contributed by atoms with Crippen molar-refractivity contribution in [2.24, 2.45) is 5.92 Å². The molecule has 2 rings (SSSR count). The maximum Gasteiger partial charge on any atom is 0.143 e. The van der Waals surface area contributed by atoms with Crippen LogP contribution in [0.3, 0.4) is 0 Å². The number of piperidine rings is 1. The van der Waals surface area contributed by atoms with Crippen LogP contribution >= 0.6 is 11.6 Å². The number of rotatable bonds is 1. The number of anilines is 2. The Balaban J connectivity index is 2.31. The maximum atomic E-state index is 13.3. The molecular weight excluding hydrogens is 239 g/mol. The van der Waals surface area contributed by atoms with Crippen molar-refractivity contribution >= 4 is 23.0 Å². The summed E-state index contributed by atoms with van der Waals surface area (Å²) in [6, 6.07) is 3.36. The molecular formula is C13H18ClFN2. The second-order valence-corrected chi connectivity index (χ2v) is 5.40. The van der Waals surface area contributed by atoms with Gasteiger partial charge in [0.05, 0.1) is 16.4 Å². The van der Waals surface area contributed by atoms with Crippen LogP contribution in [0, 0.1) is 11.7 Å². The standard InChI is InChI=1S/C13H18ClFN2/c1-8-3-4-17(9(2)5-8)13-6-10(14)11(15)7-12(13)16/h6-9H,3-5,16H2,1-2H3. The van der Waals surface area contributed by atoms with E-state index < -0.39 is 5.82 Å². The highest BCUT2D eigenvalue weighted by Crippen LogP contribution is 2.34. The normalized spacial score (nSPS) is 25.1. The molecule has 1 aromatic rings. The lowest BCUT2D eigenvalue weighted by molar-refractivity contribution is 0.378. The van der Waals surface area contributed by atoms with Crippen LogP contribution < -0.4 is 10.6 Å². The van der Waals surface area contributed by atoms with E-state index in [0.29, 0.717) is 11.7 Å². The fourth-order valence-corrected chi connectivity index (χ4v) is 2.72. The second-order valence-electron chi connectivity index (χ2n) is 5.00. The van der Waals surface area contributed by atoms with Gasteiger partial charge in [0.15, 0.2) is 0 Å². The zero-order valence-electron chi connectivity index (χ0n) is 10.2. The molecule has 0 amide bonds. The molecule has 2 unspecified atom stereocenters. The Kier molecular flexibility index (Phi) is 3.48. The van der Waals surface area contributed by atoms with Gasteiger partial charge in [-0.3, -0.25) is 0 Å². The average Bonchev–Trinajstić information content (AvgIpc) is 2.24. The molecule has 1 aliphatic rings. The molecule has 4 heteroatoms. The zero-order valence-corrected chi connectivity index (χ0v) is 11.0. The minimum absolute atomic E-state index is 0.139. The quantitative estimate of drug-likeness (QED) is 0.777. The number of nitrogen functional groups attached to an aromatic ring is 1. The Morgan fingerprint density at radius 1 is 1.41 bits per heavy atom. The summed E-state index contributed by atoms with van der Waals surface area (Å²) >= 11 is 5.82. The maximum absolute atomic E-state index is 13.3. The molecule has 1 fully saturated rings. The predicted octanol–water partition coefficient (Wildman–Crippen LogP) is 3.69. The topological polar surface area (TPSA) is 29.3 Å². The van der Waals surface area contributed by atoms with Gasteiger partial charge in [-0.25, -0.2) is 4.39 Å². The first-order valence-electron chi connectivity index (χ1n) is 6.00. The van der Waals surface area contributed by atoms with Gasteiger partial charge in [0.1, 0.15) is 5.82 Å². The van der Waals surface area contributed by atoms with Crippen molar-refractivity contribution in [3.8, 4) is 0 Å². The Morgan fingerprint density at radius 3 is 2.76 bits per heavy atom. The van der Waals surface area contributed by atoms with E-state index in [1.165, 1.54) is 6.07 Å². The fourth-order valence-electron chi connectivity index (χ4n) is 2.57. The predicted molar refractivity (Wildman–Crippen MR) is 71.0 cm³/mol. The molecule has 17 heavy (non-hydrogen) atoms. The van der Waals surface area contributed by atoms with E-state index in [2.05, 4.69) is 18.7 Å². The van der Waals surface area contributed by atoms with Crippen molar-refractivity contribution in [3.05, 3.63) is 23.0 Å². The third-order valence-electron chi connectivity index (χ3n) is 3.52. The van der Waals surface area contributed by atoms with Crippen molar-refractivity contribution in [2.75, 3.05) is 17.2 Å². The molecule has 2 N–H and O–H groups in total. The smallest absolute Gasteiger partial charge is 0.143 e. The lowest BCUT2D eigenvalue weighted by Crippen LogP contribution is -2.40. The zero-order chi connectivity index (χ0) is 12.6. The second kappa shape index (κ2) is 4.73. The molecule has 1 saturated heterocycles. The van der Waals surface area contributed by atoms with Crippen LogP contribution in [-0.4, -0.2) is 12.6 Å². The van der Waals surface area contributed by atoms with Crippen molar-refractivity contribution < 1.29 is 4.39 Å². The van der Waals surface area contributed by atoms with E-state index >= 15 is 0 Å². The van der Waals surface area contributed by atoms with Crippen LogP contribution in [0.15, 0.2) is 12.1 Å². The van der Waals surface area contributed by atoms with Crippen LogP contribution in [0.5, 0.6) is 0 Å². The molecule has 94 valence electrons. The van der Waals surface area contributed by atoms with Gasteiger partial charge in [-0.2, -0.15) is 0 Å². The SMILES string of the molecule is CC1CCN(c2cc(Cl)c(F)cc2N)C(C)C1. The summed E-state index contributed by atoms with van der Waals surface area (Å²) in [4.78, 5) is 2.22. The number of hydrogen-bond acceptors (Lipinski definition) is 2. The fraction of sp³-hybridized carbons (Fsp3) is 0.538. The number of benzene rings is 1. The average molecular weight is 257 g/mol. The van der Waals surface area contributed by atoms with E-state index in [-0.39, 0.29) is 5.02 Å². The summed E-state index contributed by atoms with van der Waals surface area (Å²) in [5.74, 6) is 0.282. The summed E-state index contributed by atoms with van der Waals surface area (Å²) in [5, 5.41) is 0.139. The monoisotopic (exact) mass is 256 g/mol. The van der Waals surface area contributed by atoms with Crippen molar-refractivity contribution in [1.82, 2.24) is 0 Å². The highest BCUT2D eigenvalue weighted by atomic mass is 35.5. The number of hydrogen-bond donors (Lipinski definition) is 1. The molecule has 1 heterocycles. The highest BCUT2D eigenvalue weighted by Gasteiger charge is 2.24. The van der Waals surface area contributed by atoms with Crippen molar-refractivity contribution in [2.45, 2.75) is 32.7 Å². The molecule has 0 bridgehead atoms. The summed E-state index contributed by atoms with van der Waals surface area (Å²) in [7, 11) is 0. The summed E-state index contributed by atoms with van der Waals surface area (Å²) in [5.41, 5.74) is 7.20. The van der Waals surface area contributed by atoms with Gasteiger partial charge in [0, 0.05) is 18.7 Å². The van der Waals surface area contributed by atoms with Crippen LogP contribution in [0.4, 0.5) is 15.8 Å². The number of nitrogens with zero attached hydrogens (tertiary/aromatic N) is 1. The lowest BCUT2D eigenvalue weighted by atomic mass is 9.93. The van der Waals surface area contributed by atoms with Gasteiger partial charge >= 0.3 is 0 Å².